The van der Waals surface area contributed by atoms with Crippen LogP contribution in [0.15, 0.2) is 70.0 Å². The number of ether oxygens (including phenoxy) is 1. The summed E-state index contributed by atoms with van der Waals surface area (Å²) in [6.45, 7) is 0. The number of esters is 1. The Morgan fingerprint density at radius 1 is 1.08 bits per heavy atom. The van der Waals surface area contributed by atoms with Crippen molar-refractivity contribution in [1.29, 1.82) is 0 Å². The van der Waals surface area contributed by atoms with E-state index in [1.165, 1.54) is 19.2 Å². The lowest BCUT2D eigenvalue weighted by atomic mass is 10.2. The number of carbonyl (C=O) groups is 1. The molecule has 0 aliphatic carbocycles. The van der Waals surface area contributed by atoms with Gasteiger partial charge in [-0.3, -0.25) is 9.52 Å². The molecular formula is C18H16N2O5S. The van der Waals surface area contributed by atoms with Gasteiger partial charge in [-0.2, -0.15) is 4.98 Å². The Morgan fingerprint density at radius 2 is 1.69 bits per heavy atom. The fourth-order valence-electron chi connectivity index (χ4n) is 2.28. The normalized spacial score (nSPS) is 11.1. The second kappa shape index (κ2) is 7.40. The molecule has 0 fully saturated rings. The van der Waals surface area contributed by atoms with E-state index in [1.807, 2.05) is 6.07 Å². The molecule has 0 amide bonds. The van der Waals surface area contributed by atoms with Crippen molar-refractivity contribution >= 4 is 21.8 Å². The van der Waals surface area contributed by atoms with E-state index in [1.54, 1.807) is 42.5 Å². The van der Waals surface area contributed by atoms with Gasteiger partial charge in [-0.1, -0.05) is 48.5 Å². The first-order valence-corrected chi connectivity index (χ1v) is 9.18. The van der Waals surface area contributed by atoms with Gasteiger partial charge in [0.2, 0.25) is 5.89 Å². The first kappa shape index (κ1) is 17.7. The minimum atomic E-state index is -3.85. The van der Waals surface area contributed by atoms with Crippen molar-refractivity contribution in [2.24, 2.45) is 0 Å². The Bertz CT molecular complexity index is 999. The Labute approximate surface area is 150 Å². The number of sulfonamides is 1. The summed E-state index contributed by atoms with van der Waals surface area (Å²) in [5.41, 5.74) is 0.627. The lowest BCUT2D eigenvalue weighted by Crippen LogP contribution is -2.14. The largest absolute Gasteiger partial charge is 0.469 e. The molecule has 0 saturated carbocycles. The van der Waals surface area contributed by atoms with Crippen LogP contribution < -0.4 is 4.72 Å². The number of hydrogen-bond acceptors (Lipinski definition) is 6. The third-order valence-corrected chi connectivity index (χ3v) is 4.87. The highest BCUT2D eigenvalue weighted by Crippen LogP contribution is 2.30. The minimum absolute atomic E-state index is 0.0129. The molecule has 0 unspecified atom stereocenters. The van der Waals surface area contributed by atoms with Crippen LogP contribution in [0.2, 0.25) is 0 Å². The third-order valence-electron chi connectivity index (χ3n) is 3.52. The van der Waals surface area contributed by atoms with Gasteiger partial charge in [0.25, 0.3) is 10.0 Å². The fraction of sp³-hybridized carbons (Fsp3) is 0.111. The molecule has 0 radical (unpaired) electrons. The number of nitrogens with zero attached hydrogens (tertiary/aromatic N) is 1. The molecule has 2 aromatic carbocycles. The molecule has 0 spiro atoms. The number of oxazole rings is 1. The number of carbonyl (C=O) groups excluding carboxylic acids is 1. The van der Waals surface area contributed by atoms with Crippen LogP contribution in [-0.4, -0.2) is 26.5 Å². The SMILES string of the molecule is COC(=O)Cc1nc(NS(=O)(=O)c2ccccc2)c(-c2ccccc2)o1. The van der Waals surface area contributed by atoms with Crippen LogP contribution in [0.1, 0.15) is 5.89 Å². The van der Waals surface area contributed by atoms with Gasteiger partial charge in [-0.05, 0) is 12.1 Å². The average molecular weight is 372 g/mol. The molecule has 1 aromatic heterocycles. The molecule has 134 valence electrons. The number of nitrogens with one attached hydrogen (secondary N) is 1. The van der Waals surface area contributed by atoms with Crippen LogP contribution in [0.4, 0.5) is 5.82 Å². The van der Waals surface area contributed by atoms with Crippen molar-refractivity contribution in [2.75, 3.05) is 11.8 Å². The number of aromatic nitrogens is 1. The van der Waals surface area contributed by atoms with E-state index in [2.05, 4.69) is 14.4 Å². The molecule has 8 heteroatoms. The molecule has 0 saturated heterocycles. The fourth-order valence-corrected chi connectivity index (χ4v) is 3.30. The van der Waals surface area contributed by atoms with Gasteiger partial charge in [0, 0.05) is 5.56 Å². The van der Waals surface area contributed by atoms with E-state index in [-0.39, 0.29) is 28.8 Å². The van der Waals surface area contributed by atoms with Crippen molar-refractivity contribution in [3.8, 4) is 11.3 Å². The molecule has 1 N–H and O–H groups in total. The predicted molar refractivity (Wildman–Crippen MR) is 94.9 cm³/mol. The first-order chi connectivity index (χ1) is 12.5. The van der Waals surface area contributed by atoms with Crippen molar-refractivity contribution < 1.29 is 22.4 Å². The first-order valence-electron chi connectivity index (χ1n) is 7.69. The second-order valence-corrected chi connectivity index (χ2v) is 7.01. The van der Waals surface area contributed by atoms with E-state index < -0.39 is 16.0 Å². The van der Waals surface area contributed by atoms with E-state index in [4.69, 9.17) is 4.42 Å². The van der Waals surface area contributed by atoms with Crippen LogP contribution in [0.25, 0.3) is 11.3 Å². The van der Waals surface area contributed by atoms with Crippen molar-refractivity contribution in [2.45, 2.75) is 11.3 Å². The Kier molecular flexibility index (Phi) is 5.04. The van der Waals surface area contributed by atoms with Gasteiger partial charge in [0.1, 0.15) is 6.42 Å². The zero-order valence-corrected chi connectivity index (χ0v) is 14.7. The Morgan fingerprint density at radius 3 is 2.31 bits per heavy atom. The summed E-state index contributed by atoms with van der Waals surface area (Å²) in [5.74, 6) is -0.243. The highest BCUT2D eigenvalue weighted by molar-refractivity contribution is 7.92. The van der Waals surface area contributed by atoms with Crippen LogP contribution >= 0.6 is 0 Å². The highest BCUT2D eigenvalue weighted by atomic mass is 32.2. The van der Waals surface area contributed by atoms with Gasteiger partial charge in [-0.25, -0.2) is 8.42 Å². The molecule has 0 aliphatic rings. The molecule has 3 aromatic rings. The van der Waals surface area contributed by atoms with Gasteiger partial charge < -0.3 is 9.15 Å². The van der Waals surface area contributed by atoms with Gasteiger partial charge in [-0.15, -0.1) is 0 Å². The average Bonchev–Trinajstić information content (AvgIpc) is 3.04. The summed E-state index contributed by atoms with van der Waals surface area (Å²) < 4.78 is 37.8. The van der Waals surface area contributed by atoms with Crippen molar-refractivity contribution in [1.82, 2.24) is 4.98 Å². The summed E-state index contributed by atoms with van der Waals surface area (Å²) in [5, 5.41) is 0. The van der Waals surface area contributed by atoms with Gasteiger partial charge in [0.15, 0.2) is 11.6 Å². The van der Waals surface area contributed by atoms with Crippen LogP contribution in [0.3, 0.4) is 0 Å². The molecule has 0 bridgehead atoms. The number of rotatable bonds is 6. The maximum Gasteiger partial charge on any atom is 0.314 e. The van der Waals surface area contributed by atoms with Crippen molar-refractivity contribution in [3.63, 3.8) is 0 Å². The molecule has 0 aliphatic heterocycles. The number of benzene rings is 2. The maximum absolute atomic E-state index is 12.6. The molecule has 7 nitrogen and oxygen atoms in total. The molecular weight excluding hydrogens is 356 g/mol. The second-order valence-electron chi connectivity index (χ2n) is 5.32. The number of hydrogen-bond donors (Lipinski definition) is 1. The van der Waals surface area contributed by atoms with E-state index in [9.17, 15) is 13.2 Å². The Balaban J connectivity index is 2.01. The zero-order chi connectivity index (χ0) is 18.6. The molecule has 3 rings (SSSR count). The standard InChI is InChI=1S/C18H16N2O5S/c1-24-16(21)12-15-19-18(17(25-15)13-8-4-2-5-9-13)20-26(22,23)14-10-6-3-7-11-14/h2-11,20H,12H2,1H3. The zero-order valence-electron chi connectivity index (χ0n) is 13.9. The molecule has 1 heterocycles. The maximum atomic E-state index is 12.6. The molecule has 26 heavy (non-hydrogen) atoms. The van der Waals surface area contributed by atoms with Crippen molar-refractivity contribution in [3.05, 3.63) is 66.6 Å². The van der Waals surface area contributed by atoms with E-state index in [0.29, 0.717) is 5.56 Å². The van der Waals surface area contributed by atoms with E-state index >= 15 is 0 Å². The van der Waals surface area contributed by atoms with E-state index in [0.717, 1.165) is 0 Å². The van der Waals surface area contributed by atoms with Gasteiger partial charge in [0.05, 0.1) is 12.0 Å². The lowest BCUT2D eigenvalue weighted by Gasteiger charge is -2.06. The summed E-state index contributed by atoms with van der Waals surface area (Å²) in [6, 6.07) is 16.8. The Hall–Kier alpha value is -3.13. The number of methoxy groups -OCH3 is 1. The van der Waals surface area contributed by atoms with Crippen LogP contribution in [-0.2, 0) is 26.0 Å². The molecule has 0 atom stereocenters. The topological polar surface area (TPSA) is 98.5 Å². The van der Waals surface area contributed by atoms with Gasteiger partial charge >= 0.3 is 5.97 Å². The highest BCUT2D eigenvalue weighted by Gasteiger charge is 2.22. The summed E-state index contributed by atoms with van der Waals surface area (Å²) in [6.07, 6.45) is -0.205. The quantitative estimate of drug-likeness (QED) is 0.668. The van der Waals surface area contributed by atoms with Crippen LogP contribution in [0.5, 0.6) is 0 Å². The summed E-state index contributed by atoms with van der Waals surface area (Å²) >= 11 is 0. The lowest BCUT2D eigenvalue weighted by molar-refractivity contribution is -0.140. The monoisotopic (exact) mass is 372 g/mol. The van der Waals surface area contributed by atoms with Crippen LogP contribution in [0, 0.1) is 0 Å². The summed E-state index contributed by atoms with van der Waals surface area (Å²) in [7, 11) is -2.60. The smallest absolute Gasteiger partial charge is 0.314 e. The predicted octanol–water partition coefficient (Wildman–Crippen LogP) is 2.86. The number of anilines is 1. The summed E-state index contributed by atoms with van der Waals surface area (Å²) in [4.78, 5) is 15.7. The minimum Gasteiger partial charge on any atom is -0.469 e. The third kappa shape index (κ3) is 3.92.